The Labute approximate surface area is 99.2 Å². The maximum absolute atomic E-state index is 11.4. The Hall–Kier alpha value is -1.04. The standard InChI is InChI=1S/C13H24N2O/c1-4-5-6-7-8-9-10-12(16)15-13(2,3)11-14/h4-10H2,1-3H3,(H,15,16). The average molecular weight is 224 g/mol. The molecule has 0 radical (unpaired) electrons. The number of carbonyl (C=O) groups is 1. The number of nitrogens with zero attached hydrogens (tertiary/aromatic N) is 1. The van der Waals surface area contributed by atoms with Crippen LogP contribution < -0.4 is 5.32 Å². The van der Waals surface area contributed by atoms with Crippen molar-refractivity contribution in [1.29, 1.82) is 5.26 Å². The fraction of sp³-hybridized carbons (Fsp3) is 0.846. The topological polar surface area (TPSA) is 52.9 Å². The van der Waals surface area contributed by atoms with E-state index in [4.69, 9.17) is 5.26 Å². The molecule has 0 unspecified atom stereocenters. The van der Waals surface area contributed by atoms with Gasteiger partial charge in [0.05, 0.1) is 6.07 Å². The van der Waals surface area contributed by atoms with E-state index in [0.717, 1.165) is 12.8 Å². The molecule has 3 heteroatoms. The molecule has 0 aliphatic carbocycles. The quantitative estimate of drug-likeness (QED) is 0.644. The van der Waals surface area contributed by atoms with Crippen LogP contribution in [0, 0.1) is 11.3 Å². The van der Waals surface area contributed by atoms with E-state index < -0.39 is 5.54 Å². The Morgan fingerprint density at radius 3 is 2.31 bits per heavy atom. The second kappa shape index (κ2) is 8.15. The molecule has 0 spiro atoms. The van der Waals surface area contributed by atoms with Crippen molar-refractivity contribution in [3.05, 3.63) is 0 Å². The van der Waals surface area contributed by atoms with Gasteiger partial charge in [0.1, 0.15) is 5.54 Å². The highest BCUT2D eigenvalue weighted by atomic mass is 16.1. The predicted octanol–water partition coefficient (Wildman–Crippen LogP) is 3.16. The number of rotatable bonds is 8. The fourth-order valence-electron chi connectivity index (χ4n) is 1.50. The third-order valence-corrected chi connectivity index (χ3v) is 2.49. The third kappa shape index (κ3) is 8.28. The molecule has 0 saturated carbocycles. The summed E-state index contributed by atoms with van der Waals surface area (Å²) in [6.07, 6.45) is 7.59. The van der Waals surface area contributed by atoms with Crippen LogP contribution in [0.1, 0.15) is 65.7 Å². The molecule has 0 aromatic heterocycles. The van der Waals surface area contributed by atoms with Crippen LogP contribution in [0.4, 0.5) is 0 Å². The lowest BCUT2D eigenvalue weighted by Gasteiger charge is -2.17. The van der Waals surface area contributed by atoms with E-state index in [2.05, 4.69) is 18.3 Å². The number of amides is 1. The highest BCUT2D eigenvalue weighted by Crippen LogP contribution is 2.07. The van der Waals surface area contributed by atoms with Gasteiger partial charge in [-0.15, -0.1) is 0 Å². The highest BCUT2D eigenvalue weighted by molar-refractivity contribution is 5.77. The maximum Gasteiger partial charge on any atom is 0.221 e. The minimum absolute atomic E-state index is 0.0120. The molecule has 0 heterocycles. The van der Waals surface area contributed by atoms with Crippen LogP contribution in [0.3, 0.4) is 0 Å². The van der Waals surface area contributed by atoms with Crippen LogP contribution in [0.5, 0.6) is 0 Å². The van der Waals surface area contributed by atoms with Crippen LogP contribution in [0.2, 0.25) is 0 Å². The van der Waals surface area contributed by atoms with Crippen molar-refractivity contribution >= 4 is 5.91 Å². The number of carbonyl (C=O) groups excluding carboxylic acids is 1. The molecule has 0 aromatic rings. The molecule has 0 atom stereocenters. The molecule has 0 fully saturated rings. The molecule has 0 aliphatic rings. The molecule has 92 valence electrons. The molecule has 1 amide bonds. The Balaban J connectivity index is 3.49. The fourth-order valence-corrected chi connectivity index (χ4v) is 1.50. The summed E-state index contributed by atoms with van der Waals surface area (Å²) in [6, 6.07) is 2.06. The Kier molecular flexibility index (Phi) is 7.62. The number of hydrogen-bond donors (Lipinski definition) is 1. The third-order valence-electron chi connectivity index (χ3n) is 2.49. The molecule has 0 rings (SSSR count). The van der Waals surface area contributed by atoms with Crippen molar-refractivity contribution in [1.82, 2.24) is 5.32 Å². The van der Waals surface area contributed by atoms with Crippen LogP contribution in [-0.4, -0.2) is 11.4 Å². The molecular weight excluding hydrogens is 200 g/mol. The molecule has 3 nitrogen and oxygen atoms in total. The van der Waals surface area contributed by atoms with Crippen molar-refractivity contribution in [3.63, 3.8) is 0 Å². The first-order valence-electron chi connectivity index (χ1n) is 6.24. The monoisotopic (exact) mass is 224 g/mol. The normalized spacial score (nSPS) is 10.9. The van der Waals surface area contributed by atoms with Crippen molar-refractivity contribution in [3.8, 4) is 6.07 Å². The maximum atomic E-state index is 11.4. The second-order valence-corrected chi connectivity index (χ2v) is 4.80. The van der Waals surface area contributed by atoms with E-state index in [1.807, 2.05) is 0 Å². The van der Waals surface area contributed by atoms with Crippen molar-refractivity contribution in [2.45, 2.75) is 71.3 Å². The van der Waals surface area contributed by atoms with Gasteiger partial charge in [-0.3, -0.25) is 4.79 Å². The van der Waals surface area contributed by atoms with Gasteiger partial charge in [0.15, 0.2) is 0 Å². The Morgan fingerprint density at radius 1 is 1.19 bits per heavy atom. The second-order valence-electron chi connectivity index (χ2n) is 4.80. The van der Waals surface area contributed by atoms with Crippen LogP contribution >= 0.6 is 0 Å². The number of nitriles is 1. The lowest BCUT2D eigenvalue weighted by atomic mass is 10.1. The van der Waals surface area contributed by atoms with E-state index in [1.165, 1.54) is 25.7 Å². The van der Waals surface area contributed by atoms with Crippen LogP contribution in [0.15, 0.2) is 0 Å². The summed E-state index contributed by atoms with van der Waals surface area (Å²) >= 11 is 0. The van der Waals surface area contributed by atoms with Gasteiger partial charge in [0.2, 0.25) is 5.91 Å². The Morgan fingerprint density at radius 2 is 1.75 bits per heavy atom. The zero-order valence-corrected chi connectivity index (χ0v) is 10.8. The molecule has 0 saturated heterocycles. The molecule has 0 aromatic carbocycles. The van der Waals surface area contributed by atoms with E-state index in [1.54, 1.807) is 13.8 Å². The first-order valence-corrected chi connectivity index (χ1v) is 6.24. The smallest absolute Gasteiger partial charge is 0.221 e. The van der Waals surface area contributed by atoms with Gasteiger partial charge in [0, 0.05) is 6.42 Å². The minimum Gasteiger partial charge on any atom is -0.338 e. The van der Waals surface area contributed by atoms with Gasteiger partial charge in [0.25, 0.3) is 0 Å². The van der Waals surface area contributed by atoms with Gasteiger partial charge in [-0.05, 0) is 20.3 Å². The van der Waals surface area contributed by atoms with E-state index in [-0.39, 0.29) is 5.91 Å². The summed E-state index contributed by atoms with van der Waals surface area (Å²) in [7, 11) is 0. The zero-order valence-electron chi connectivity index (χ0n) is 10.8. The zero-order chi connectivity index (χ0) is 12.4. The summed E-state index contributed by atoms with van der Waals surface area (Å²) < 4.78 is 0. The number of unbranched alkanes of at least 4 members (excludes halogenated alkanes) is 5. The first kappa shape index (κ1) is 15.0. The van der Waals surface area contributed by atoms with Crippen LogP contribution in [-0.2, 0) is 4.79 Å². The van der Waals surface area contributed by atoms with E-state index in [0.29, 0.717) is 6.42 Å². The number of hydrogen-bond acceptors (Lipinski definition) is 2. The van der Waals surface area contributed by atoms with Crippen LogP contribution in [0.25, 0.3) is 0 Å². The van der Waals surface area contributed by atoms with Gasteiger partial charge < -0.3 is 5.32 Å². The highest BCUT2D eigenvalue weighted by Gasteiger charge is 2.18. The average Bonchev–Trinajstić information content (AvgIpc) is 2.22. The molecule has 0 bridgehead atoms. The molecule has 1 N–H and O–H groups in total. The van der Waals surface area contributed by atoms with Gasteiger partial charge >= 0.3 is 0 Å². The summed E-state index contributed by atoms with van der Waals surface area (Å²) in [4.78, 5) is 11.4. The summed E-state index contributed by atoms with van der Waals surface area (Å²) in [5.41, 5.74) is -0.737. The van der Waals surface area contributed by atoms with Gasteiger partial charge in [-0.25, -0.2) is 0 Å². The summed E-state index contributed by atoms with van der Waals surface area (Å²) in [5, 5.41) is 11.5. The molecule has 16 heavy (non-hydrogen) atoms. The Bertz CT molecular complexity index is 241. The molecule has 0 aliphatic heterocycles. The van der Waals surface area contributed by atoms with Gasteiger partial charge in [-0.2, -0.15) is 5.26 Å². The predicted molar refractivity (Wildman–Crippen MR) is 65.8 cm³/mol. The SMILES string of the molecule is CCCCCCCCC(=O)NC(C)(C)C#N. The minimum atomic E-state index is -0.737. The largest absolute Gasteiger partial charge is 0.338 e. The van der Waals surface area contributed by atoms with Crippen molar-refractivity contribution in [2.75, 3.05) is 0 Å². The first-order chi connectivity index (χ1) is 7.52. The number of nitrogens with one attached hydrogen (secondary N) is 1. The molecular formula is C13H24N2O. The van der Waals surface area contributed by atoms with E-state index in [9.17, 15) is 4.79 Å². The van der Waals surface area contributed by atoms with Crippen molar-refractivity contribution < 1.29 is 4.79 Å². The van der Waals surface area contributed by atoms with E-state index >= 15 is 0 Å². The lowest BCUT2D eigenvalue weighted by Crippen LogP contribution is -2.41. The van der Waals surface area contributed by atoms with Crippen molar-refractivity contribution in [2.24, 2.45) is 0 Å². The van der Waals surface area contributed by atoms with Gasteiger partial charge in [-0.1, -0.05) is 39.0 Å². The lowest BCUT2D eigenvalue weighted by molar-refractivity contribution is -0.122. The summed E-state index contributed by atoms with van der Waals surface area (Å²) in [5.74, 6) is -0.0120. The summed E-state index contributed by atoms with van der Waals surface area (Å²) in [6.45, 7) is 5.62.